The highest BCUT2D eigenvalue weighted by molar-refractivity contribution is 6.37. The van der Waals surface area contributed by atoms with E-state index in [4.69, 9.17) is 4.74 Å². The average Bonchev–Trinajstić information content (AvgIpc) is 2.36. The Morgan fingerprint density at radius 3 is 3.07 bits per heavy atom. The van der Waals surface area contributed by atoms with Crippen molar-refractivity contribution in [2.24, 2.45) is 4.99 Å². The molecule has 1 aliphatic heterocycles. The van der Waals surface area contributed by atoms with Gasteiger partial charge in [-0.2, -0.15) is 4.39 Å². The van der Waals surface area contributed by atoms with Crippen LogP contribution in [0.1, 0.15) is 5.56 Å². The Morgan fingerprint density at radius 1 is 1.50 bits per heavy atom. The molecule has 0 aliphatic carbocycles. The summed E-state index contributed by atoms with van der Waals surface area (Å²) in [6, 6.07) is 6.77. The molecule has 0 fully saturated rings. The van der Waals surface area contributed by atoms with E-state index in [0.29, 0.717) is 17.6 Å². The van der Waals surface area contributed by atoms with Crippen LogP contribution >= 0.6 is 0 Å². The van der Waals surface area contributed by atoms with E-state index in [1.54, 1.807) is 24.3 Å². The summed E-state index contributed by atoms with van der Waals surface area (Å²) in [5.41, 5.74) is 0.781. The highest BCUT2D eigenvalue weighted by atomic mass is 19.1. The first kappa shape index (κ1) is 8.87. The Bertz CT molecular complexity index is 389. The maximum absolute atomic E-state index is 13.0. The summed E-state index contributed by atoms with van der Waals surface area (Å²) < 4.78 is 17.9. The lowest BCUT2D eigenvalue weighted by molar-refractivity contribution is -0.102. The van der Waals surface area contributed by atoms with Crippen LogP contribution in [0.25, 0.3) is 0 Å². The minimum atomic E-state index is -1.48. The molecule has 1 aromatic carbocycles. The topological polar surface area (TPSA) is 38.7 Å². The van der Waals surface area contributed by atoms with Crippen molar-refractivity contribution in [1.82, 2.24) is 0 Å². The van der Waals surface area contributed by atoms with Gasteiger partial charge in [-0.1, -0.05) is 12.1 Å². The van der Waals surface area contributed by atoms with Crippen LogP contribution in [0.3, 0.4) is 0 Å². The summed E-state index contributed by atoms with van der Waals surface area (Å²) >= 11 is 0. The molecule has 14 heavy (non-hydrogen) atoms. The molecule has 3 nitrogen and oxygen atoms in total. The standard InChI is InChI=1S/C10H8FNO2/c11-10-5-12-8(6-13)7-3-1-2-4-9(7)14-10/h1-4,6,10H,5H2. The maximum atomic E-state index is 13.0. The zero-order valence-corrected chi connectivity index (χ0v) is 7.31. The first-order valence-electron chi connectivity index (χ1n) is 4.21. The number of alkyl halides is 1. The smallest absolute Gasteiger partial charge is 0.257 e. The van der Waals surface area contributed by atoms with Gasteiger partial charge >= 0.3 is 0 Å². The van der Waals surface area contributed by atoms with Crippen molar-refractivity contribution in [2.45, 2.75) is 6.36 Å². The minimum Gasteiger partial charge on any atom is -0.458 e. The summed E-state index contributed by atoms with van der Waals surface area (Å²) in [5, 5.41) is 0. The fraction of sp³-hybridized carbons (Fsp3) is 0.200. The largest absolute Gasteiger partial charge is 0.458 e. The third-order valence-corrected chi connectivity index (χ3v) is 1.93. The van der Waals surface area contributed by atoms with Gasteiger partial charge in [0.15, 0.2) is 6.29 Å². The molecule has 1 aliphatic rings. The van der Waals surface area contributed by atoms with Crippen LogP contribution < -0.4 is 4.74 Å². The van der Waals surface area contributed by atoms with E-state index in [9.17, 15) is 9.18 Å². The average molecular weight is 193 g/mol. The van der Waals surface area contributed by atoms with E-state index >= 15 is 0 Å². The van der Waals surface area contributed by atoms with Crippen LogP contribution in [0.5, 0.6) is 5.75 Å². The van der Waals surface area contributed by atoms with Gasteiger partial charge in [-0.15, -0.1) is 0 Å². The predicted molar refractivity (Wildman–Crippen MR) is 49.4 cm³/mol. The molecule has 1 heterocycles. The number of aldehydes is 1. The number of halogens is 1. The Labute approximate surface area is 80.2 Å². The third-order valence-electron chi connectivity index (χ3n) is 1.93. The van der Waals surface area contributed by atoms with Crippen LogP contribution in [0, 0.1) is 0 Å². The van der Waals surface area contributed by atoms with Gasteiger partial charge in [-0.25, -0.2) is 0 Å². The zero-order valence-electron chi connectivity index (χ0n) is 7.31. The fourth-order valence-corrected chi connectivity index (χ4v) is 1.31. The van der Waals surface area contributed by atoms with Gasteiger partial charge in [0.2, 0.25) is 0 Å². The van der Waals surface area contributed by atoms with Crippen molar-refractivity contribution >= 4 is 12.0 Å². The van der Waals surface area contributed by atoms with Crippen molar-refractivity contribution in [1.29, 1.82) is 0 Å². The minimum absolute atomic E-state index is 0.136. The van der Waals surface area contributed by atoms with Crippen molar-refractivity contribution in [3.05, 3.63) is 29.8 Å². The second-order valence-corrected chi connectivity index (χ2v) is 2.87. The lowest BCUT2D eigenvalue weighted by Crippen LogP contribution is -2.12. The van der Waals surface area contributed by atoms with Gasteiger partial charge in [0.1, 0.15) is 18.0 Å². The zero-order chi connectivity index (χ0) is 9.97. The Hall–Kier alpha value is -1.71. The molecule has 0 saturated carbocycles. The molecule has 1 unspecified atom stereocenters. The number of benzene rings is 1. The number of fused-ring (bicyclic) bond motifs is 1. The first-order valence-corrected chi connectivity index (χ1v) is 4.21. The van der Waals surface area contributed by atoms with Gasteiger partial charge in [-0.3, -0.25) is 9.79 Å². The van der Waals surface area contributed by atoms with E-state index < -0.39 is 6.36 Å². The van der Waals surface area contributed by atoms with E-state index in [2.05, 4.69) is 4.99 Å². The summed E-state index contributed by atoms with van der Waals surface area (Å²) in [6.07, 6.45) is -0.867. The molecule has 0 aromatic heterocycles. The van der Waals surface area contributed by atoms with Gasteiger partial charge in [0.25, 0.3) is 6.36 Å². The van der Waals surface area contributed by atoms with Crippen molar-refractivity contribution in [2.75, 3.05) is 6.54 Å². The van der Waals surface area contributed by atoms with Crippen LogP contribution in [0.15, 0.2) is 29.3 Å². The summed E-state index contributed by atoms with van der Waals surface area (Å²) in [5.74, 6) is 0.364. The molecule has 0 radical (unpaired) electrons. The molecule has 0 amide bonds. The summed E-state index contributed by atoms with van der Waals surface area (Å²) in [6.45, 7) is -0.136. The van der Waals surface area contributed by atoms with Crippen LogP contribution in [0.2, 0.25) is 0 Å². The lowest BCUT2D eigenvalue weighted by atomic mass is 10.1. The van der Waals surface area contributed by atoms with Crippen LogP contribution in [0.4, 0.5) is 4.39 Å². The summed E-state index contributed by atoms with van der Waals surface area (Å²) in [4.78, 5) is 14.5. The van der Waals surface area contributed by atoms with Gasteiger partial charge in [0, 0.05) is 5.56 Å². The molecule has 2 rings (SSSR count). The van der Waals surface area contributed by atoms with Gasteiger partial charge in [0.05, 0.1) is 0 Å². The second kappa shape index (κ2) is 3.57. The number of hydrogen-bond donors (Lipinski definition) is 0. The molecule has 1 atom stereocenters. The molecule has 0 spiro atoms. The quantitative estimate of drug-likeness (QED) is 0.631. The number of ether oxygens (including phenoxy) is 1. The number of para-hydroxylation sites is 1. The van der Waals surface area contributed by atoms with E-state index in [1.807, 2.05) is 0 Å². The Balaban J connectivity index is 2.52. The molecular formula is C10H8FNO2. The monoisotopic (exact) mass is 193 g/mol. The lowest BCUT2D eigenvalue weighted by Gasteiger charge is -2.08. The maximum Gasteiger partial charge on any atom is 0.257 e. The van der Waals surface area contributed by atoms with Crippen molar-refractivity contribution in [3.63, 3.8) is 0 Å². The molecule has 0 bridgehead atoms. The number of carbonyl (C=O) groups excluding carboxylic acids is 1. The Kier molecular flexibility index (Phi) is 2.26. The summed E-state index contributed by atoms with van der Waals surface area (Å²) in [7, 11) is 0. The Morgan fingerprint density at radius 2 is 2.29 bits per heavy atom. The van der Waals surface area contributed by atoms with Gasteiger partial charge < -0.3 is 4.74 Å². The SMILES string of the molecule is O=CC1=NCC(F)Oc2ccccc21. The number of rotatable bonds is 1. The molecule has 0 N–H and O–H groups in total. The molecule has 4 heteroatoms. The van der Waals surface area contributed by atoms with E-state index in [0.717, 1.165) is 0 Å². The second-order valence-electron chi connectivity index (χ2n) is 2.87. The first-order chi connectivity index (χ1) is 6.81. The van der Waals surface area contributed by atoms with E-state index in [1.165, 1.54) is 0 Å². The van der Waals surface area contributed by atoms with E-state index in [-0.39, 0.29) is 12.3 Å². The highest BCUT2D eigenvalue weighted by Gasteiger charge is 2.18. The number of hydrogen-bond acceptors (Lipinski definition) is 3. The number of nitrogens with zero attached hydrogens (tertiary/aromatic N) is 1. The normalized spacial score (nSPS) is 20.1. The van der Waals surface area contributed by atoms with Crippen molar-refractivity contribution in [3.8, 4) is 5.75 Å². The molecular weight excluding hydrogens is 185 g/mol. The van der Waals surface area contributed by atoms with Gasteiger partial charge in [-0.05, 0) is 12.1 Å². The third kappa shape index (κ3) is 1.51. The molecule has 72 valence electrons. The van der Waals surface area contributed by atoms with Crippen LogP contribution in [-0.4, -0.2) is 24.9 Å². The van der Waals surface area contributed by atoms with Crippen LogP contribution in [-0.2, 0) is 4.79 Å². The number of aliphatic imine (C=N–C) groups is 1. The highest BCUT2D eigenvalue weighted by Crippen LogP contribution is 2.22. The number of carbonyl (C=O) groups is 1. The molecule has 1 aromatic rings. The molecule has 0 saturated heterocycles. The fourth-order valence-electron chi connectivity index (χ4n) is 1.31. The predicted octanol–water partition coefficient (Wildman–Crippen LogP) is 1.36. The van der Waals surface area contributed by atoms with Crippen molar-refractivity contribution < 1.29 is 13.9 Å².